The standard InChI is InChI=1S/C14H20FNO4S/c1-17-4-5-18-6-7-19-8-9-20-13-3-2-11(14(16)21)10-12(13)15/h2-3,10H,4-9H2,1H3,(H2,16,21). The molecule has 0 spiro atoms. The summed E-state index contributed by atoms with van der Waals surface area (Å²) in [6.45, 7) is 2.64. The molecule has 5 nitrogen and oxygen atoms in total. The number of hydrogen-bond donors (Lipinski definition) is 1. The van der Waals surface area contributed by atoms with Crippen LogP contribution in [0.1, 0.15) is 5.56 Å². The van der Waals surface area contributed by atoms with Gasteiger partial charge in [-0.05, 0) is 18.2 Å². The van der Waals surface area contributed by atoms with Crippen LogP contribution >= 0.6 is 12.2 Å². The normalized spacial score (nSPS) is 10.6. The summed E-state index contributed by atoms with van der Waals surface area (Å²) >= 11 is 4.77. The van der Waals surface area contributed by atoms with Gasteiger partial charge < -0.3 is 24.7 Å². The Hall–Kier alpha value is -1.28. The van der Waals surface area contributed by atoms with E-state index in [0.29, 0.717) is 38.6 Å². The summed E-state index contributed by atoms with van der Waals surface area (Å²) in [5.74, 6) is -0.349. The Kier molecular flexibility index (Phi) is 8.84. The number of nitrogens with two attached hydrogens (primary N) is 1. The molecule has 0 saturated heterocycles. The van der Waals surface area contributed by atoms with Crippen LogP contribution in [0.4, 0.5) is 4.39 Å². The van der Waals surface area contributed by atoms with Crippen LogP contribution in [0, 0.1) is 5.82 Å². The van der Waals surface area contributed by atoms with Crippen molar-refractivity contribution in [1.82, 2.24) is 0 Å². The van der Waals surface area contributed by atoms with Gasteiger partial charge in [0.1, 0.15) is 11.6 Å². The van der Waals surface area contributed by atoms with Gasteiger partial charge in [0.25, 0.3) is 0 Å². The van der Waals surface area contributed by atoms with Crippen molar-refractivity contribution in [1.29, 1.82) is 0 Å². The monoisotopic (exact) mass is 317 g/mol. The summed E-state index contributed by atoms with van der Waals surface area (Å²) in [4.78, 5) is 0.150. The van der Waals surface area contributed by atoms with E-state index in [9.17, 15) is 4.39 Å². The minimum absolute atomic E-state index is 0.148. The average Bonchev–Trinajstić information content (AvgIpc) is 2.46. The van der Waals surface area contributed by atoms with Gasteiger partial charge >= 0.3 is 0 Å². The maximum absolute atomic E-state index is 13.6. The highest BCUT2D eigenvalue weighted by Crippen LogP contribution is 2.18. The van der Waals surface area contributed by atoms with Gasteiger partial charge in [-0.2, -0.15) is 0 Å². The van der Waals surface area contributed by atoms with Crippen molar-refractivity contribution in [3.8, 4) is 5.75 Å². The Morgan fingerprint density at radius 1 is 1.10 bits per heavy atom. The van der Waals surface area contributed by atoms with E-state index in [1.165, 1.54) is 12.1 Å². The lowest BCUT2D eigenvalue weighted by Crippen LogP contribution is -2.13. The predicted octanol–water partition coefficient (Wildman–Crippen LogP) is 1.52. The second-order valence-corrected chi connectivity index (χ2v) is 4.52. The molecule has 118 valence electrons. The molecule has 0 fully saturated rings. The average molecular weight is 317 g/mol. The first kappa shape index (κ1) is 17.8. The zero-order valence-electron chi connectivity index (χ0n) is 12.0. The lowest BCUT2D eigenvalue weighted by atomic mass is 10.2. The Balaban J connectivity index is 2.14. The number of rotatable bonds is 11. The first-order valence-electron chi connectivity index (χ1n) is 6.51. The van der Waals surface area contributed by atoms with Gasteiger partial charge in [-0.1, -0.05) is 12.2 Å². The van der Waals surface area contributed by atoms with Gasteiger partial charge in [-0.3, -0.25) is 0 Å². The van der Waals surface area contributed by atoms with E-state index in [1.54, 1.807) is 13.2 Å². The van der Waals surface area contributed by atoms with E-state index < -0.39 is 5.82 Å². The molecule has 0 radical (unpaired) electrons. The van der Waals surface area contributed by atoms with Crippen molar-refractivity contribution in [3.63, 3.8) is 0 Å². The Morgan fingerprint density at radius 2 is 1.71 bits per heavy atom. The lowest BCUT2D eigenvalue weighted by molar-refractivity contribution is 0.0177. The molecule has 0 atom stereocenters. The number of thiocarbonyl (C=S) groups is 1. The predicted molar refractivity (Wildman–Crippen MR) is 81.3 cm³/mol. The number of benzene rings is 1. The molecule has 0 saturated carbocycles. The Morgan fingerprint density at radius 3 is 2.29 bits per heavy atom. The molecule has 1 aromatic carbocycles. The van der Waals surface area contributed by atoms with Crippen LogP contribution in [0.15, 0.2) is 18.2 Å². The fraction of sp³-hybridized carbons (Fsp3) is 0.500. The largest absolute Gasteiger partial charge is 0.488 e. The molecule has 0 aliphatic heterocycles. The summed E-state index contributed by atoms with van der Waals surface area (Å²) in [6.07, 6.45) is 0. The number of methoxy groups -OCH3 is 1. The van der Waals surface area contributed by atoms with E-state index in [-0.39, 0.29) is 17.3 Å². The smallest absolute Gasteiger partial charge is 0.165 e. The van der Waals surface area contributed by atoms with Gasteiger partial charge in [0.15, 0.2) is 11.6 Å². The quantitative estimate of drug-likeness (QED) is 0.493. The van der Waals surface area contributed by atoms with Crippen molar-refractivity contribution in [3.05, 3.63) is 29.6 Å². The first-order chi connectivity index (χ1) is 10.1. The SMILES string of the molecule is COCCOCCOCCOc1ccc(C(N)=S)cc1F. The summed E-state index contributed by atoms with van der Waals surface area (Å²) < 4.78 is 34.3. The van der Waals surface area contributed by atoms with Crippen LogP contribution in [0.3, 0.4) is 0 Å². The van der Waals surface area contributed by atoms with Crippen LogP contribution in [-0.4, -0.2) is 51.7 Å². The van der Waals surface area contributed by atoms with E-state index in [0.717, 1.165) is 0 Å². The van der Waals surface area contributed by atoms with Crippen molar-refractivity contribution in [2.45, 2.75) is 0 Å². The van der Waals surface area contributed by atoms with Crippen LogP contribution in [0.25, 0.3) is 0 Å². The minimum Gasteiger partial charge on any atom is -0.488 e. The van der Waals surface area contributed by atoms with E-state index >= 15 is 0 Å². The number of halogens is 1. The molecular weight excluding hydrogens is 297 g/mol. The van der Waals surface area contributed by atoms with Gasteiger partial charge in [-0.25, -0.2) is 4.39 Å². The van der Waals surface area contributed by atoms with E-state index in [2.05, 4.69) is 0 Å². The molecule has 7 heteroatoms. The molecular formula is C14H20FNO4S. The third-order valence-electron chi connectivity index (χ3n) is 2.51. The third-order valence-corrected chi connectivity index (χ3v) is 2.74. The molecule has 0 bridgehead atoms. The van der Waals surface area contributed by atoms with Gasteiger partial charge in [0.2, 0.25) is 0 Å². The maximum atomic E-state index is 13.6. The van der Waals surface area contributed by atoms with E-state index in [4.69, 9.17) is 36.9 Å². The van der Waals surface area contributed by atoms with Crippen LogP contribution in [0.2, 0.25) is 0 Å². The molecule has 0 heterocycles. The topological polar surface area (TPSA) is 62.9 Å². The fourth-order valence-electron chi connectivity index (χ4n) is 1.45. The Bertz CT molecular complexity index is 445. The number of ether oxygens (including phenoxy) is 4. The second-order valence-electron chi connectivity index (χ2n) is 4.08. The van der Waals surface area contributed by atoms with Crippen molar-refractivity contribution >= 4 is 17.2 Å². The highest BCUT2D eigenvalue weighted by molar-refractivity contribution is 7.80. The first-order valence-corrected chi connectivity index (χ1v) is 6.92. The molecule has 1 aromatic rings. The highest BCUT2D eigenvalue weighted by Gasteiger charge is 2.06. The second kappa shape index (κ2) is 10.4. The molecule has 0 amide bonds. The summed E-state index contributed by atoms with van der Waals surface area (Å²) in [5, 5.41) is 0. The van der Waals surface area contributed by atoms with Gasteiger partial charge in [-0.15, -0.1) is 0 Å². The molecule has 0 aromatic heterocycles. The molecule has 0 aliphatic carbocycles. The van der Waals surface area contributed by atoms with Crippen LogP contribution < -0.4 is 10.5 Å². The molecule has 0 aliphatic rings. The molecule has 0 unspecified atom stereocenters. The summed E-state index contributed by atoms with van der Waals surface area (Å²) in [6, 6.07) is 4.37. The van der Waals surface area contributed by atoms with E-state index in [1.807, 2.05) is 0 Å². The zero-order chi connectivity index (χ0) is 15.5. The van der Waals surface area contributed by atoms with Gasteiger partial charge in [0, 0.05) is 12.7 Å². The van der Waals surface area contributed by atoms with Crippen molar-refractivity contribution in [2.75, 3.05) is 46.8 Å². The fourth-order valence-corrected chi connectivity index (χ4v) is 1.57. The molecule has 2 N–H and O–H groups in total. The zero-order valence-corrected chi connectivity index (χ0v) is 12.8. The lowest BCUT2D eigenvalue weighted by Gasteiger charge is -2.09. The highest BCUT2D eigenvalue weighted by atomic mass is 32.1. The summed E-state index contributed by atoms with van der Waals surface area (Å²) in [5.41, 5.74) is 5.89. The maximum Gasteiger partial charge on any atom is 0.165 e. The molecule has 1 rings (SSSR count). The summed E-state index contributed by atoms with van der Waals surface area (Å²) in [7, 11) is 1.62. The minimum atomic E-state index is -0.497. The Labute approximate surface area is 129 Å². The van der Waals surface area contributed by atoms with Crippen molar-refractivity contribution in [2.24, 2.45) is 5.73 Å². The number of hydrogen-bond acceptors (Lipinski definition) is 5. The molecule has 21 heavy (non-hydrogen) atoms. The van der Waals surface area contributed by atoms with Crippen LogP contribution in [0.5, 0.6) is 5.75 Å². The van der Waals surface area contributed by atoms with Crippen LogP contribution in [-0.2, 0) is 14.2 Å². The van der Waals surface area contributed by atoms with Gasteiger partial charge in [0.05, 0.1) is 33.0 Å². The van der Waals surface area contributed by atoms with Crippen molar-refractivity contribution < 1.29 is 23.3 Å². The third kappa shape index (κ3) is 7.33.